The molecule has 2 heterocycles. The van der Waals surface area contributed by atoms with Crippen molar-refractivity contribution in [3.8, 4) is 0 Å². The van der Waals surface area contributed by atoms with E-state index in [4.69, 9.17) is 4.74 Å². The Balaban J connectivity index is 1.68. The van der Waals surface area contributed by atoms with Gasteiger partial charge in [-0.3, -0.25) is 4.98 Å². The van der Waals surface area contributed by atoms with Gasteiger partial charge >= 0.3 is 5.97 Å². The van der Waals surface area contributed by atoms with Crippen LogP contribution in [0.15, 0.2) is 59.5 Å². The van der Waals surface area contributed by atoms with Gasteiger partial charge in [-0.15, -0.1) is 0 Å². The first-order valence-electron chi connectivity index (χ1n) is 6.86. The molecule has 0 bridgehead atoms. The van der Waals surface area contributed by atoms with Gasteiger partial charge in [0, 0.05) is 18.8 Å². The number of aryl methyl sites for hydroxylation is 1. The van der Waals surface area contributed by atoms with Crippen LogP contribution in [0, 0.1) is 5.82 Å². The minimum Gasteiger partial charge on any atom is -0.407 e. The van der Waals surface area contributed by atoms with Gasteiger partial charge in [-0.05, 0) is 41.8 Å². The molecule has 5 heteroatoms. The lowest BCUT2D eigenvalue weighted by molar-refractivity contribution is -0.130. The quantitative estimate of drug-likeness (QED) is 0.643. The average Bonchev–Trinajstić information content (AvgIpc) is 2.88. The molecule has 1 aliphatic heterocycles. The number of nitrogens with zero attached hydrogens (tertiary/aromatic N) is 2. The van der Waals surface area contributed by atoms with E-state index in [-0.39, 0.29) is 11.5 Å². The Hall–Kier alpha value is -2.82. The molecule has 1 aromatic carbocycles. The Bertz CT molecular complexity index is 737. The van der Waals surface area contributed by atoms with E-state index in [1.54, 1.807) is 36.7 Å². The molecule has 0 atom stereocenters. The lowest BCUT2D eigenvalue weighted by Gasteiger charge is -2.00. The summed E-state index contributed by atoms with van der Waals surface area (Å²) in [6.45, 7) is 0. The molecule has 0 radical (unpaired) electrons. The predicted molar refractivity (Wildman–Crippen MR) is 80.5 cm³/mol. The molecular formula is C17H13FN2O2. The number of rotatable bonds is 4. The number of hydrogen-bond acceptors (Lipinski definition) is 4. The van der Waals surface area contributed by atoms with Crippen LogP contribution >= 0.6 is 0 Å². The lowest BCUT2D eigenvalue weighted by Crippen LogP contribution is -2.05. The Kier molecular flexibility index (Phi) is 4.05. The van der Waals surface area contributed by atoms with E-state index in [9.17, 15) is 9.18 Å². The van der Waals surface area contributed by atoms with Gasteiger partial charge in [0.2, 0.25) is 0 Å². The van der Waals surface area contributed by atoms with Gasteiger partial charge in [0.25, 0.3) is 0 Å². The van der Waals surface area contributed by atoms with Crippen LogP contribution in [0.25, 0.3) is 6.08 Å². The summed E-state index contributed by atoms with van der Waals surface area (Å²) < 4.78 is 18.0. The number of benzene rings is 1. The van der Waals surface area contributed by atoms with Crippen molar-refractivity contribution in [2.24, 2.45) is 4.99 Å². The molecule has 2 aromatic rings. The van der Waals surface area contributed by atoms with Crippen LogP contribution in [0.5, 0.6) is 0 Å². The maximum atomic E-state index is 12.8. The molecule has 3 rings (SSSR count). The standard InChI is InChI=1S/C17H13FN2O2/c18-14-6-3-12(4-7-14)5-8-16-20-15(17(21)22-16)10-13-2-1-9-19-11-13/h1-4,6-7,9-11H,5,8H2/b15-10+. The molecule has 1 aliphatic rings. The highest BCUT2D eigenvalue weighted by molar-refractivity contribution is 6.07. The SMILES string of the molecule is O=C1OC(CCc2ccc(F)cc2)=N/C1=C/c1cccnc1. The Morgan fingerprint density at radius 1 is 1.14 bits per heavy atom. The third kappa shape index (κ3) is 3.44. The van der Waals surface area contributed by atoms with E-state index in [1.165, 1.54) is 12.1 Å². The fourth-order valence-electron chi connectivity index (χ4n) is 2.08. The van der Waals surface area contributed by atoms with Crippen LogP contribution in [0.3, 0.4) is 0 Å². The van der Waals surface area contributed by atoms with E-state index >= 15 is 0 Å². The third-order valence-corrected chi connectivity index (χ3v) is 3.19. The van der Waals surface area contributed by atoms with E-state index in [2.05, 4.69) is 9.98 Å². The Labute approximate surface area is 127 Å². The molecule has 4 nitrogen and oxygen atoms in total. The molecule has 0 saturated heterocycles. The van der Waals surface area contributed by atoms with Gasteiger partial charge < -0.3 is 4.74 Å². The molecular weight excluding hydrogens is 283 g/mol. The van der Waals surface area contributed by atoms with E-state index in [0.717, 1.165) is 11.1 Å². The molecule has 0 saturated carbocycles. The molecule has 0 aliphatic carbocycles. The number of aliphatic imine (C=N–C) groups is 1. The second-order valence-corrected chi connectivity index (χ2v) is 4.84. The van der Waals surface area contributed by atoms with E-state index in [1.807, 2.05) is 6.07 Å². The largest absolute Gasteiger partial charge is 0.407 e. The summed E-state index contributed by atoms with van der Waals surface area (Å²) in [7, 11) is 0. The highest BCUT2D eigenvalue weighted by Gasteiger charge is 2.22. The van der Waals surface area contributed by atoms with Crippen molar-refractivity contribution < 1.29 is 13.9 Å². The predicted octanol–water partition coefficient (Wildman–Crippen LogP) is 3.15. The zero-order valence-electron chi connectivity index (χ0n) is 11.7. The summed E-state index contributed by atoms with van der Waals surface area (Å²) >= 11 is 0. The maximum Gasteiger partial charge on any atom is 0.363 e. The number of aromatic nitrogens is 1. The van der Waals surface area contributed by atoms with Crippen LogP contribution in [0.4, 0.5) is 4.39 Å². The van der Waals surface area contributed by atoms with Gasteiger partial charge in [0.05, 0.1) is 0 Å². The van der Waals surface area contributed by atoms with Crippen LogP contribution in [0.1, 0.15) is 17.5 Å². The van der Waals surface area contributed by atoms with Crippen molar-refractivity contribution in [2.45, 2.75) is 12.8 Å². The number of carbonyl (C=O) groups excluding carboxylic acids is 1. The van der Waals surface area contributed by atoms with E-state index < -0.39 is 5.97 Å². The number of carbonyl (C=O) groups is 1. The third-order valence-electron chi connectivity index (χ3n) is 3.19. The molecule has 0 spiro atoms. The van der Waals surface area contributed by atoms with Gasteiger partial charge in [0.1, 0.15) is 5.82 Å². The monoisotopic (exact) mass is 296 g/mol. The highest BCUT2D eigenvalue weighted by Crippen LogP contribution is 2.17. The summed E-state index contributed by atoms with van der Waals surface area (Å²) in [6, 6.07) is 9.85. The van der Waals surface area contributed by atoms with Crippen LogP contribution in [-0.2, 0) is 16.0 Å². The number of hydrogen-bond donors (Lipinski definition) is 0. The minimum atomic E-state index is -0.460. The van der Waals surface area contributed by atoms with Crippen LogP contribution in [0.2, 0.25) is 0 Å². The topological polar surface area (TPSA) is 51.5 Å². The Morgan fingerprint density at radius 2 is 1.95 bits per heavy atom. The summed E-state index contributed by atoms with van der Waals surface area (Å²) in [4.78, 5) is 19.9. The second kappa shape index (κ2) is 6.30. The van der Waals surface area contributed by atoms with Gasteiger partial charge in [-0.1, -0.05) is 18.2 Å². The van der Waals surface area contributed by atoms with Crippen molar-refractivity contribution in [3.05, 3.63) is 71.4 Å². The smallest absolute Gasteiger partial charge is 0.363 e. The summed E-state index contributed by atoms with van der Waals surface area (Å²) in [5.41, 5.74) is 2.02. The van der Waals surface area contributed by atoms with Gasteiger partial charge in [0.15, 0.2) is 11.6 Å². The summed E-state index contributed by atoms with van der Waals surface area (Å²) in [5, 5.41) is 0. The Morgan fingerprint density at radius 3 is 2.68 bits per heavy atom. The number of halogens is 1. The molecule has 1 aromatic heterocycles. The first kappa shape index (κ1) is 14.1. The normalized spacial score (nSPS) is 15.8. The average molecular weight is 296 g/mol. The van der Waals surface area contributed by atoms with Gasteiger partial charge in [-0.2, -0.15) is 0 Å². The lowest BCUT2D eigenvalue weighted by atomic mass is 10.1. The number of ether oxygens (including phenoxy) is 1. The highest BCUT2D eigenvalue weighted by atomic mass is 19.1. The first-order valence-corrected chi connectivity index (χ1v) is 6.86. The van der Waals surface area contributed by atoms with Crippen LogP contribution in [-0.4, -0.2) is 16.9 Å². The molecule has 110 valence electrons. The maximum absolute atomic E-state index is 12.8. The zero-order chi connectivity index (χ0) is 15.4. The van der Waals surface area contributed by atoms with E-state index in [0.29, 0.717) is 18.7 Å². The first-order chi connectivity index (χ1) is 10.7. The van der Waals surface area contributed by atoms with Crippen molar-refractivity contribution >= 4 is 17.9 Å². The minimum absolute atomic E-state index is 0.266. The fraction of sp³-hybridized carbons (Fsp3) is 0.118. The summed E-state index contributed by atoms with van der Waals surface area (Å²) in [6.07, 6.45) is 6.06. The number of cyclic esters (lactones) is 1. The summed E-state index contributed by atoms with van der Waals surface area (Å²) in [5.74, 6) is -0.350. The molecule has 0 amide bonds. The zero-order valence-corrected chi connectivity index (χ0v) is 11.7. The molecule has 22 heavy (non-hydrogen) atoms. The van der Waals surface area contributed by atoms with Crippen LogP contribution < -0.4 is 0 Å². The van der Waals surface area contributed by atoms with Crippen molar-refractivity contribution in [1.29, 1.82) is 0 Å². The van der Waals surface area contributed by atoms with Gasteiger partial charge in [-0.25, -0.2) is 14.2 Å². The van der Waals surface area contributed by atoms with Crippen molar-refractivity contribution in [1.82, 2.24) is 4.98 Å². The fourth-order valence-corrected chi connectivity index (χ4v) is 2.08. The number of esters is 1. The molecule has 0 N–H and O–H groups in total. The molecule has 0 fully saturated rings. The molecule has 0 unspecified atom stereocenters. The number of pyridine rings is 1. The van der Waals surface area contributed by atoms with Crippen molar-refractivity contribution in [3.63, 3.8) is 0 Å². The second-order valence-electron chi connectivity index (χ2n) is 4.84. The van der Waals surface area contributed by atoms with Crippen molar-refractivity contribution in [2.75, 3.05) is 0 Å².